The van der Waals surface area contributed by atoms with Crippen molar-refractivity contribution in [2.45, 2.75) is 26.2 Å². The van der Waals surface area contributed by atoms with Gasteiger partial charge in [0.25, 0.3) is 11.8 Å². The molecule has 30 heavy (non-hydrogen) atoms. The molecule has 0 aliphatic carbocycles. The van der Waals surface area contributed by atoms with Crippen molar-refractivity contribution in [1.82, 2.24) is 10.4 Å². The van der Waals surface area contributed by atoms with Crippen LogP contribution in [0, 0.1) is 9.49 Å². The lowest BCUT2D eigenvalue weighted by Gasteiger charge is -2.20. The Hall–Kier alpha value is -2.68. The molecular formula is C23H22IN3O3. The van der Waals surface area contributed by atoms with Gasteiger partial charge in [-0.3, -0.25) is 20.0 Å². The third-order valence-electron chi connectivity index (χ3n) is 5.34. The summed E-state index contributed by atoms with van der Waals surface area (Å²) >= 11 is 2.20. The van der Waals surface area contributed by atoms with Crippen molar-refractivity contribution in [2.75, 3.05) is 11.6 Å². The molecule has 1 aliphatic rings. The lowest BCUT2D eigenvalue weighted by molar-refractivity contribution is -0.128. The van der Waals surface area contributed by atoms with E-state index in [0.717, 1.165) is 32.1 Å². The second kappa shape index (κ2) is 8.59. The lowest BCUT2D eigenvalue weighted by Crippen LogP contribution is -2.35. The number of fused-ring (bicyclic) bond motifs is 1. The average Bonchev–Trinajstić information content (AvgIpc) is 3.06. The van der Waals surface area contributed by atoms with E-state index in [2.05, 4.69) is 39.9 Å². The molecular weight excluding hydrogens is 493 g/mol. The van der Waals surface area contributed by atoms with Gasteiger partial charge >= 0.3 is 0 Å². The molecule has 1 aromatic heterocycles. The number of hydrazine groups is 1. The van der Waals surface area contributed by atoms with Gasteiger partial charge in [-0.1, -0.05) is 19.9 Å². The first-order valence-electron chi connectivity index (χ1n) is 9.90. The van der Waals surface area contributed by atoms with E-state index in [1.165, 1.54) is 5.01 Å². The molecule has 0 radical (unpaired) electrons. The Morgan fingerprint density at radius 2 is 1.90 bits per heavy atom. The van der Waals surface area contributed by atoms with Gasteiger partial charge in [0.1, 0.15) is 11.7 Å². The van der Waals surface area contributed by atoms with Crippen LogP contribution < -0.4 is 15.2 Å². The summed E-state index contributed by atoms with van der Waals surface area (Å²) in [5.41, 5.74) is 4.31. The normalized spacial score (nSPS) is 17.3. The summed E-state index contributed by atoms with van der Waals surface area (Å²) in [6.07, 6.45) is 4.40. The first-order chi connectivity index (χ1) is 14.5. The molecule has 0 saturated carbocycles. The van der Waals surface area contributed by atoms with Crippen LogP contribution in [0.2, 0.25) is 0 Å². The van der Waals surface area contributed by atoms with Crippen LogP contribution >= 0.6 is 22.6 Å². The van der Waals surface area contributed by atoms with E-state index in [9.17, 15) is 9.59 Å². The van der Waals surface area contributed by atoms with Crippen LogP contribution in [-0.2, 0) is 9.59 Å². The van der Waals surface area contributed by atoms with Gasteiger partial charge in [-0.15, -0.1) is 0 Å². The van der Waals surface area contributed by atoms with E-state index >= 15 is 0 Å². The molecule has 6 nitrogen and oxygen atoms in total. The number of anilines is 1. The van der Waals surface area contributed by atoms with Crippen LogP contribution in [0.4, 0.5) is 5.69 Å². The number of carbonyl (C=O) groups excluding carboxylic acids is 2. The molecule has 1 fully saturated rings. The second-order valence-corrected chi connectivity index (χ2v) is 8.56. The fourth-order valence-electron chi connectivity index (χ4n) is 3.81. The molecule has 3 aromatic rings. The van der Waals surface area contributed by atoms with Crippen LogP contribution in [0.25, 0.3) is 10.8 Å². The Kier molecular flexibility index (Phi) is 5.90. The SMILES string of the molecule is CCCOc1ccc(C(C)C2C(=O)NN(c3ccc(I)cc3)C2=O)c2ccncc12. The maximum Gasteiger partial charge on any atom is 0.258 e. The number of aromatic nitrogens is 1. The van der Waals surface area contributed by atoms with Crippen molar-refractivity contribution in [1.29, 1.82) is 0 Å². The first-order valence-corrected chi connectivity index (χ1v) is 11.0. The molecule has 2 aromatic carbocycles. The zero-order valence-corrected chi connectivity index (χ0v) is 18.9. The third kappa shape index (κ3) is 3.74. The number of halogens is 1. The highest BCUT2D eigenvalue weighted by Crippen LogP contribution is 2.37. The molecule has 2 atom stereocenters. The van der Waals surface area contributed by atoms with E-state index in [-0.39, 0.29) is 17.7 Å². The molecule has 2 heterocycles. The van der Waals surface area contributed by atoms with Gasteiger partial charge in [0.05, 0.1) is 12.3 Å². The third-order valence-corrected chi connectivity index (χ3v) is 6.06. The van der Waals surface area contributed by atoms with Crippen molar-refractivity contribution < 1.29 is 14.3 Å². The predicted molar refractivity (Wildman–Crippen MR) is 124 cm³/mol. The first kappa shape index (κ1) is 20.6. The van der Waals surface area contributed by atoms with Gasteiger partial charge < -0.3 is 4.74 Å². The van der Waals surface area contributed by atoms with Crippen molar-refractivity contribution in [3.05, 3.63) is 64.0 Å². The lowest BCUT2D eigenvalue weighted by atomic mass is 9.84. The summed E-state index contributed by atoms with van der Waals surface area (Å²) in [4.78, 5) is 30.2. The Labute approximate surface area is 188 Å². The number of nitrogens with zero attached hydrogens (tertiary/aromatic N) is 2. The molecule has 4 rings (SSSR count). The van der Waals surface area contributed by atoms with Crippen LogP contribution in [0.1, 0.15) is 31.7 Å². The number of benzene rings is 2. The van der Waals surface area contributed by atoms with Gasteiger partial charge in [0.2, 0.25) is 0 Å². The minimum absolute atomic E-state index is 0.248. The Morgan fingerprint density at radius 1 is 1.13 bits per heavy atom. The van der Waals surface area contributed by atoms with Crippen molar-refractivity contribution in [3.63, 3.8) is 0 Å². The second-order valence-electron chi connectivity index (χ2n) is 7.32. The molecule has 7 heteroatoms. The monoisotopic (exact) mass is 515 g/mol. The molecule has 1 saturated heterocycles. The van der Waals surface area contributed by atoms with E-state index in [0.29, 0.717) is 12.3 Å². The fraction of sp³-hybridized carbons (Fsp3) is 0.261. The summed E-state index contributed by atoms with van der Waals surface area (Å²) in [5, 5.41) is 3.18. The zero-order valence-electron chi connectivity index (χ0n) is 16.8. The highest BCUT2D eigenvalue weighted by atomic mass is 127. The van der Waals surface area contributed by atoms with E-state index in [1.807, 2.05) is 49.4 Å². The number of amides is 2. The van der Waals surface area contributed by atoms with E-state index < -0.39 is 5.92 Å². The van der Waals surface area contributed by atoms with E-state index in [1.54, 1.807) is 12.4 Å². The summed E-state index contributed by atoms with van der Waals surface area (Å²) < 4.78 is 6.92. The highest BCUT2D eigenvalue weighted by molar-refractivity contribution is 14.1. The summed E-state index contributed by atoms with van der Waals surface area (Å²) in [6, 6.07) is 13.2. The summed E-state index contributed by atoms with van der Waals surface area (Å²) in [5.74, 6) is -0.889. The van der Waals surface area contributed by atoms with Crippen molar-refractivity contribution in [3.8, 4) is 5.75 Å². The quantitative estimate of drug-likeness (QED) is 0.390. The predicted octanol–water partition coefficient (Wildman–Crippen LogP) is 4.43. The van der Waals surface area contributed by atoms with Gasteiger partial charge in [0.15, 0.2) is 0 Å². The smallest absolute Gasteiger partial charge is 0.258 e. The number of ether oxygens (including phenoxy) is 1. The number of carbonyl (C=O) groups is 2. The average molecular weight is 515 g/mol. The molecule has 0 bridgehead atoms. The zero-order chi connectivity index (χ0) is 21.3. The summed E-state index contributed by atoms with van der Waals surface area (Å²) in [6.45, 7) is 4.59. The number of hydrogen-bond donors (Lipinski definition) is 1. The van der Waals surface area contributed by atoms with Crippen LogP contribution in [0.15, 0.2) is 54.9 Å². The molecule has 0 spiro atoms. The minimum Gasteiger partial charge on any atom is -0.493 e. The highest BCUT2D eigenvalue weighted by Gasteiger charge is 2.44. The van der Waals surface area contributed by atoms with Crippen molar-refractivity contribution in [2.24, 2.45) is 5.92 Å². The Bertz CT molecular complexity index is 1100. The number of hydrogen-bond acceptors (Lipinski definition) is 4. The molecule has 1 aliphatic heterocycles. The van der Waals surface area contributed by atoms with E-state index in [4.69, 9.17) is 4.74 Å². The van der Waals surface area contributed by atoms with Gasteiger partial charge in [-0.05, 0) is 76.4 Å². The Morgan fingerprint density at radius 3 is 2.63 bits per heavy atom. The van der Waals surface area contributed by atoms with Gasteiger partial charge in [-0.2, -0.15) is 0 Å². The summed E-state index contributed by atoms with van der Waals surface area (Å²) in [7, 11) is 0. The maximum absolute atomic E-state index is 13.2. The fourth-order valence-corrected chi connectivity index (χ4v) is 4.17. The largest absolute Gasteiger partial charge is 0.493 e. The minimum atomic E-state index is -0.803. The maximum atomic E-state index is 13.2. The molecule has 2 unspecified atom stereocenters. The van der Waals surface area contributed by atoms with Crippen LogP contribution in [0.3, 0.4) is 0 Å². The Balaban J connectivity index is 1.68. The molecule has 2 amide bonds. The van der Waals surface area contributed by atoms with Crippen LogP contribution in [0.5, 0.6) is 5.75 Å². The number of rotatable bonds is 6. The van der Waals surface area contributed by atoms with Crippen molar-refractivity contribution >= 4 is 50.9 Å². The van der Waals surface area contributed by atoms with Gasteiger partial charge in [0, 0.05) is 27.3 Å². The molecule has 1 N–H and O–H groups in total. The van der Waals surface area contributed by atoms with Crippen LogP contribution in [-0.4, -0.2) is 23.4 Å². The number of pyridine rings is 1. The molecule has 154 valence electrons. The topological polar surface area (TPSA) is 71.5 Å². The standard InChI is InChI=1S/C23H22IN3O3/c1-3-12-30-20-9-8-17(18-10-11-25-13-19(18)20)14(2)21-22(28)26-27(23(21)29)16-6-4-15(24)5-7-16/h4-11,13-14,21H,3,12H2,1-2H3,(H,26,28). The van der Waals surface area contributed by atoms with Gasteiger partial charge in [-0.25, -0.2) is 5.01 Å². The number of nitrogens with one attached hydrogen (secondary N) is 1.